The summed E-state index contributed by atoms with van der Waals surface area (Å²) in [5.41, 5.74) is 4.47. The zero-order valence-corrected chi connectivity index (χ0v) is 11.5. The molecule has 1 aromatic heterocycles. The van der Waals surface area contributed by atoms with Crippen molar-refractivity contribution in [3.05, 3.63) is 30.1 Å². The first-order valence-electron chi connectivity index (χ1n) is 6.83. The number of nitrogens with zero attached hydrogens (tertiary/aromatic N) is 1. The highest BCUT2D eigenvalue weighted by Crippen LogP contribution is 2.61. The summed E-state index contributed by atoms with van der Waals surface area (Å²) in [6.07, 6.45) is 1.48. The molecule has 0 aromatic carbocycles. The summed E-state index contributed by atoms with van der Waals surface area (Å²) in [6.45, 7) is 0. The Morgan fingerprint density at radius 2 is 2.05 bits per heavy atom. The standard InChI is InChI=1S/C14H15N3O5/c15-14(13(21)22)5-7(8-9(10(8)14)12(19)20)17-11(18)6-3-1-2-4-16-6/h1-4,7-10H,5,15H2,(H,17,18)(H,19,20)(H,21,22). The van der Waals surface area contributed by atoms with Crippen LogP contribution < -0.4 is 11.1 Å². The number of carboxylic acid groups (broad SMARTS) is 2. The van der Waals surface area contributed by atoms with Crippen LogP contribution in [0.5, 0.6) is 0 Å². The highest BCUT2D eigenvalue weighted by molar-refractivity contribution is 5.93. The lowest BCUT2D eigenvalue weighted by Gasteiger charge is -2.24. The van der Waals surface area contributed by atoms with Crippen molar-refractivity contribution in [3.63, 3.8) is 0 Å². The van der Waals surface area contributed by atoms with Crippen LogP contribution in [0.15, 0.2) is 24.4 Å². The second-order valence-electron chi connectivity index (χ2n) is 5.81. The molecule has 5 unspecified atom stereocenters. The SMILES string of the molecule is NC1(C(=O)O)CC(NC(=O)c2ccccn2)C2C(C(=O)O)C21. The molecule has 1 aromatic rings. The number of pyridine rings is 1. The zero-order chi connectivity index (χ0) is 16.1. The molecule has 5 atom stereocenters. The van der Waals surface area contributed by atoms with Crippen LogP contribution in [0.1, 0.15) is 16.9 Å². The van der Waals surface area contributed by atoms with Gasteiger partial charge in [0.15, 0.2) is 0 Å². The van der Waals surface area contributed by atoms with E-state index in [1.165, 1.54) is 12.3 Å². The second-order valence-corrected chi connectivity index (χ2v) is 5.81. The minimum absolute atomic E-state index is 0.0139. The fourth-order valence-electron chi connectivity index (χ4n) is 3.57. The topological polar surface area (TPSA) is 143 Å². The van der Waals surface area contributed by atoms with E-state index in [0.717, 1.165) is 0 Å². The maximum absolute atomic E-state index is 12.1. The van der Waals surface area contributed by atoms with E-state index in [9.17, 15) is 19.5 Å². The van der Waals surface area contributed by atoms with Crippen LogP contribution in [0.4, 0.5) is 0 Å². The summed E-state index contributed by atoms with van der Waals surface area (Å²) >= 11 is 0. The largest absolute Gasteiger partial charge is 0.481 e. The summed E-state index contributed by atoms with van der Waals surface area (Å²) < 4.78 is 0. The number of aromatic nitrogens is 1. The van der Waals surface area contributed by atoms with Gasteiger partial charge in [0.1, 0.15) is 11.2 Å². The number of hydrogen-bond acceptors (Lipinski definition) is 5. The Morgan fingerprint density at radius 1 is 1.32 bits per heavy atom. The lowest BCUT2D eigenvalue weighted by molar-refractivity contribution is -0.145. The van der Waals surface area contributed by atoms with E-state index in [1.807, 2.05) is 0 Å². The maximum Gasteiger partial charge on any atom is 0.324 e. The summed E-state index contributed by atoms with van der Waals surface area (Å²) in [5.74, 6) is -4.72. The Hall–Kier alpha value is -2.48. The minimum atomic E-state index is -1.62. The summed E-state index contributed by atoms with van der Waals surface area (Å²) in [6, 6.07) is 4.26. The number of carboxylic acids is 2. The molecule has 0 bridgehead atoms. The monoisotopic (exact) mass is 305 g/mol. The number of carbonyl (C=O) groups is 3. The van der Waals surface area contributed by atoms with E-state index >= 15 is 0 Å². The molecule has 8 nitrogen and oxygen atoms in total. The van der Waals surface area contributed by atoms with Gasteiger partial charge in [-0.15, -0.1) is 0 Å². The fraction of sp³-hybridized carbons (Fsp3) is 0.429. The maximum atomic E-state index is 12.1. The number of nitrogens with two attached hydrogens (primary N) is 1. The van der Waals surface area contributed by atoms with E-state index in [-0.39, 0.29) is 12.1 Å². The van der Waals surface area contributed by atoms with Gasteiger partial charge in [-0.25, -0.2) is 0 Å². The quantitative estimate of drug-likeness (QED) is 0.576. The average molecular weight is 305 g/mol. The number of amides is 1. The highest BCUT2D eigenvalue weighted by atomic mass is 16.4. The first-order valence-corrected chi connectivity index (χ1v) is 6.83. The Morgan fingerprint density at radius 3 is 2.59 bits per heavy atom. The molecule has 0 radical (unpaired) electrons. The molecule has 1 heterocycles. The molecule has 0 aliphatic heterocycles. The third kappa shape index (κ3) is 2.03. The van der Waals surface area contributed by atoms with Crippen LogP contribution in [0, 0.1) is 17.8 Å². The Bertz CT molecular complexity index is 649. The van der Waals surface area contributed by atoms with Crippen molar-refractivity contribution in [2.75, 3.05) is 0 Å². The minimum Gasteiger partial charge on any atom is -0.481 e. The van der Waals surface area contributed by atoms with Gasteiger partial charge in [-0.05, 0) is 24.5 Å². The molecule has 3 rings (SSSR count). The van der Waals surface area contributed by atoms with Crippen molar-refractivity contribution < 1.29 is 24.6 Å². The smallest absolute Gasteiger partial charge is 0.324 e. The third-order valence-electron chi connectivity index (χ3n) is 4.59. The molecular formula is C14H15N3O5. The number of aliphatic carboxylic acids is 2. The lowest BCUT2D eigenvalue weighted by atomic mass is 9.90. The van der Waals surface area contributed by atoms with Crippen LogP contribution >= 0.6 is 0 Å². The Balaban J connectivity index is 1.79. The molecule has 22 heavy (non-hydrogen) atoms. The number of rotatable bonds is 4. The molecule has 2 aliphatic rings. The van der Waals surface area contributed by atoms with E-state index in [2.05, 4.69) is 10.3 Å². The van der Waals surface area contributed by atoms with Crippen molar-refractivity contribution in [1.29, 1.82) is 0 Å². The van der Waals surface area contributed by atoms with Gasteiger partial charge in [0.2, 0.25) is 0 Å². The molecule has 1 amide bonds. The van der Waals surface area contributed by atoms with E-state index in [0.29, 0.717) is 0 Å². The van der Waals surface area contributed by atoms with Crippen molar-refractivity contribution in [1.82, 2.24) is 10.3 Å². The van der Waals surface area contributed by atoms with Crippen molar-refractivity contribution in [2.45, 2.75) is 18.0 Å². The van der Waals surface area contributed by atoms with E-state index in [1.54, 1.807) is 12.1 Å². The fourth-order valence-corrected chi connectivity index (χ4v) is 3.57. The first kappa shape index (κ1) is 14.5. The molecule has 0 spiro atoms. The lowest BCUT2D eigenvalue weighted by Crippen LogP contribution is -2.52. The van der Waals surface area contributed by atoms with Crippen LogP contribution in [-0.2, 0) is 9.59 Å². The normalized spacial score (nSPS) is 35.5. The molecule has 0 saturated heterocycles. The van der Waals surface area contributed by atoms with Gasteiger partial charge in [0, 0.05) is 18.2 Å². The van der Waals surface area contributed by atoms with Gasteiger partial charge < -0.3 is 21.3 Å². The van der Waals surface area contributed by atoms with Gasteiger partial charge in [0.05, 0.1) is 5.92 Å². The molecule has 5 N–H and O–H groups in total. The molecule has 2 fully saturated rings. The van der Waals surface area contributed by atoms with E-state index in [4.69, 9.17) is 10.8 Å². The molecule has 8 heteroatoms. The van der Waals surface area contributed by atoms with Crippen LogP contribution in [0.25, 0.3) is 0 Å². The van der Waals surface area contributed by atoms with Crippen LogP contribution in [-0.4, -0.2) is 44.6 Å². The van der Waals surface area contributed by atoms with Crippen molar-refractivity contribution >= 4 is 17.8 Å². The van der Waals surface area contributed by atoms with Crippen molar-refractivity contribution in [2.24, 2.45) is 23.5 Å². The molecular weight excluding hydrogens is 290 g/mol. The van der Waals surface area contributed by atoms with Gasteiger partial charge in [0.25, 0.3) is 5.91 Å². The predicted molar refractivity (Wildman–Crippen MR) is 72.8 cm³/mol. The highest BCUT2D eigenvalue weighted by Gasteiger charge is 2.74. The molecule has 2 aliphatic carbocycles. The summed E-state index contributed by atoms with van der Waals surface area (Å²) in [4.78, 5) is 38.6. The third-order valence-corrected chi connectivity index (χ3v) is 4.59. The number of hydrogen-bond donors (Lipinski definition) is 4. The number of nitrogens with one attached hydrogen (secondary N) is 1. The van der Waals surface area contributed by atoms with Gasteiger partial charge in [-0.3, -0.25) is 19.4 Å². The van der Waals surface area contributed by atoms with Crippen LogP contribution in [0.3, 0.4) is 0 Å². The van der Waals surface area contributed by atoms with Crippen molar-refractivity contribution in [3.8, 4) is 0 Å². The van der Waals surface area contributed by atoms with Gasteiger partial charge in [-0.1, -0.05) is 6.07 Å². The number of fused-ring (bicyclic) bond motifs is 1. The Kier molecular flexibility index (Phi) is 3.13. The molecule has 116 valence electrons. The Labute approximate surface area is 125 Å². The van der Waals surface area contributed by atoms with Gasteiger partial charge >= 0.3 is 11.9 Å². The van der Waals surface area contributed by atoms with Crippen LogP contribution in [0.2, 0.25) is 0 Å². The zero-order valence-electron chi connectivity index (χ0n) is 11.5. The molecule has 2 saturated carbocycles. The summed E-state index contributed by atoms with van der Waals surface area (Å²) in [7, 11) is 0. The van der Waals surface area contributed by atoms with E-state index < -0.39 is 47.2 Å². The first-order chi connectivity index (χ1) is 10.4. The number of carbonyl (C=O) groups excluding carboxylic acids is 1. The summed E-state index contributed by atoms with van der Waals surface area (Å²) in [5, 5.41) is 21.1. The second kappa shape index (κ2) is 4.77. The average Bonchev–Trinajstić information content (AvgIpc) is 3.17. The predicted octanol–water partition coefficient (Wildman–Crippen LogP) is -0.687. The van der Waals surface area contributed by atoms with Gasteiger partial charge in [-0.2, -0.15) is 0 Å².